The highest BCUT2D eigenvalue weighted by atomic mass is 79.9. The van der Waals surface area contributed by atoms with Gasteiger partial charge in [0.2, 0.25) is 0 Å². The summed E-state index contributed by atoms with van der Waals surface area (Å²) in [5.74, 6) is 0.564. The van der Waals surface area contributed by atoms with Crippen molar-refractivity contribution in [2.75, 3.05) is 13.2 Å². The minimum atomic E-state index is -0.0332. The Kier molecular flexibility index (Phi) is 4.79. The number of ether oxygens (including phenoxy) is 2. The molecule has 24 heavy (non-hydrogen) atoms. The first-order chi connectivity index (χ1) is 11.3. The molecule has 126 valence electrons. The highest BCUT2D eigenvalue weighted by Gasteiger charge is 2.25. The van der Waals surface area contributed by atoms with Crippen LogP contribution in [-0.4, -0.2) is 25.1 Å². The average molecular weight is 389 g/mol. The van der Waals surface area contributed by atoms with Crippen molar-refractivity contribution >= 4 is 21.7 Å². The lowest BCUT2D eigenvalue weighted by atomic mass is 9.85. The van der Waals surface area contributed by atoms with Crippen LogP contribution in [0.25, 0.3) is 0 Å². The minimum absolute atomic E-state index is 0.00377. The molecule has 2 aromatic rings. The molecule has 1 fully saturated rings. The number of benzene rings is 2. The second-order valence-electron chi connectivity index (χ2n) is 7.07. The van der Waals surface area contributed by atoms with E-state index < -0.39 is 0 Å². The lowest BCUT2D eigenvalue weighted by Gasteiger charge is -2.19. The van der Waals surface area contributed by atoms with Gasteiger partial charge < -0.3 is 9.47 Å². The van der Waals surface area contributed by atoms with Gasteiger partial charge in [0.05, 0.1) is 12.2 Å². The molecule has 0 saturated carbocycles. The second-order valence-corrected chi connectivity index (χ2v) is 7.98. The largest absolute Gasteiger partial charge is 0.490 e. The molecule has 1 aliphatic heterocycles. The van der Waals surface area contributed by atoms with Crippen LogP contribution in [0.15, 0.2) is 46.9 Å². The Bertz CT molecular complexity index is 758. The zero-order valence-electron chi connectivity index (χ0n) is 14.1. The van der Waals surface area contributed by atoms with Gasteiger partial charge in [-0.15, -0.1) is 0 Å². The first-order valence-electron chi connectivity index (χ1n) is 8.04. The number of carbonyl (C=O) groups excluding carboxylic acids is 1. The van der Waals surface area contributed by atoms with E-state index in [1.165, 1.54) is 0 Å². The lowest BCUT2D eigenvalue weighted by molar-refractivity contribution is 0.103. The summed E-state index contributed by atoms with van der Waals surface area (Å²) < 4.78 is 11.8. The minimum Gasteiger partial charge on any atom is -0.490 e. The van der Waals surface area contributed by atoms with Gasteiger partial charge >= 0.3 is 0 Å². The number of halogens is 1. The highest BCUT2D eigenvalue weighted by Crippen LogP contribution is 2.29. The number of rotatable bonds is 5. The van der Waals surface area contributed by atoms with E-state index >= 15 is 0 Å². The average Bonchev–Trinajstić information content (AvgIpc) is 3.36. The first-order valence-corrected chi connectivity index (χ1v) is 8.83. The van der Waals surface area contributed by atoms with Crippen LogP contribution < -0.4 is 4.74 Å². The van der Waals surface area contributed by atoms with Crippen LogP contribution >= 0.6 is 15.9 Å². The summed E-state index contributed by atoms with van der Waals surface area (Å²) >= 11 is 3.44. The molecule has 0 spiro atoms. The molecule has 3 rings (SSSR count). The van der Waals surface area contributed by atoms with Crippen LogP contribution in [0.5, 0.6) is 5.75 Å². The SMILES string of the molecule is CC(C)(C)c1cccc(C(=O)c2cc(Br)ccc2OCC2CO2)c1. The molecule has 1 heterocycles. The maximum Gasteiger partial charge on any atom is 0.196 e. The van der Waals surface area contributed by atoms with Crippen LogP contribution in [-0.2, 0) is 10.2 Å². The standard InChI is InChI=1S/C20H21BrO3/c1-20(2,3)14-6-4-5-13(9-14)19(22)17-10-15(21)7-8-18(17)24-12-16-11-23-16/h4-10,16H,11-12H2,1-3H3. The fraction of sp³-hybridized carbons (Fsp3) is 0.350. The van der Waals surface area contributed by atoms with Crippen LogP contribution in [0.2, 0.25) is 0 Å². The van der Waals surface area contributed by atoms with Gasteiger partial charge in [0.1, 0.15) is 18.5 Å². The topological polar surface area (TPSA) is 38.8 Å². The summed E-state index contributed by atoms with van der Waals surface area (Å²) in [4.78, 5) is 13.0. The third kappa shape index (κ3) is 4.05. The molecule has 1 aliphatic rings. The molecule has 1 unspecified atom stereocenters. The number of carbonyl (C=O) groups is 1. The van der Waals surface area contributed by atoms with Crippen molar-refractivity contribution in [2.24, 2.45) is 0 Å². The van der Waals surface area contributed by atoms with Gasteiger partial charge in [0, 0.05) is 10.0 Å². The molecule has 0 aliphatic carbocycles. The van der Waals surface area contributed by atoms with Gasteiger partial charge in [-0.25, -0.2) is 0 Å². The van der Waals surface area contributed by atoms with Gasteiger partial charge in [-0.1, -0.05) is 54.9 Å². The van der Waals surface area contributed by atoms with Gasteiger partial charge in [0.25, 0.3) is 0 Å². The third-order valence-corrected chi connectivity index (χ3v) is 4.50. The van der Waals surface area contributed by atoms with Crippen molar-refractivity contribution in [2.45, 2.75) is 32.3 Å². The summed E-state index contributed by atoms with van der Waals surface area (Å²) in [5, 5.41) is 0. The molecular formula is C20H21BrO3. The van der Waals surface area contributed by atoms with Crippen LogP contribution in [0.4, 0.5) is 0 Å². The summed E-state index contributed by atoms with van der Waals surface area (Å²) in [5.41, 5.74) is 2.37. The predicted octanol–water partition coefficient (Wildman–Crippen LogP) is 4.76. The van der Waals surface area contributed by atoms with E-state index in [2.05, 4.69) is 42.8 Å². The molecule has 1 atom stereocenters. The molecule has 0 N–H and O–H groups in total. The normalized spacial score (nSPS) is 16.8. The van der Waals surface area contributed by atoms with E-state index in [1.807, 2.05) is 36.4 Å². The zero-order valence-corrected chi connectivity index (χ0v) is 15.7. The number of epoxide rings is 1. The monoisotopic (exact) mass is 388 g/mol. The van der Waals surface area contributed by atoms with Crippen molar-refractivity contribution in [3.63, 3.8) is 0 Å². The van der Waals surface area contributed by atoms with Crippen molar-refractivity contribution in [1.82, 2.24) is 0 Å². The molecule has 1 saturated heterocycles. The Morgan fingerprint density at radius 3 is 2.67 bits per heavy atom. The van der Waals surface area contributed by atoms with Gasteiger partial charge in [-0.2, -0.15) is 0 Å². The Labute approximate surface area is 151 Å². The van der Waals surface area contributed by atoms with Gasteiger partial charge in [-0.05, 0) is 35.2 Å². The van der Waals surface area contributed by atoms with Crippen LogP contribution in [0.1, 0.15) is 42.3 Å². The summed E-state index contributed by atoms with van der Waals surface area (Å²) in [6, 6.07) is 13.3. The summed E-state index contributed by atoms with van der Waals surface area (Å²) in [6.45, 7) is 7.62. The number of hydrogen-bond acceptors (Lipinski definition) is 3. The molecule has 0 amide bonds. The zero-order chi connectivity index (χ0) is 17.3. The fourth-order valence-electron chi connectivity index (χ4n) is 2.43. The maximum absolute atomic E-state index is 13.0. The Hall–Kier alpha value is -1.65. The lowest BCUT2D eigenvalue weighted by Crippen LogP contribution is -2.13. The smallest absolute Gasteiger partial charge is 0.196 e. The molecule has 2 aromatic carbocycles. The molecule has 0 bridgehead atoms. The quantitative estimate of drug-likeness (QED) is 0.547. The number of hydrogen-bond donors (Lipinski definition) is 0. The van der Waals surface area contributed by atoms with Crippen molar-refractivity contribution < 1.29 is 14.3 Å². The van der Waals surface area contributed by atoms with E-state index in [4.69, 9.17) is 9.47 Å². The summed E-state index contributed by atoms with van der Waals surface area (Å²) in [6.07, 6.45) is 0.154. The molecule has 4 heteroatoms. The van der Waals surface area contributed by atoms with E-state index in [9.17, 15) is 4.79 Å². The molecule has 0 aromatic heterocycles. The van der Waals surface area contributed by atoms with E-state index in [-0.39, 0.29) is 17.3 Å². The third-order valence-electron chi connectivity index (χ3n) is 4.00. The summed E-state index contributed by atoms with van der Waals surface area (Å²) in [7, 11) is 0. The number of ketones is 1. The van der Waals surface area contributed by atoms with Crippen LogP contribution in [0.3, 0.4) is 0 Å². The molecule has 3 nitrogen and oxygen atoms in total. The molecule has 0 radical (unpaired) electrons. The Balaban J connectivity index is 1.92. The second kappa shape index (κ2) is 6.69. The maximum atomic E-state index is 13.0. The van der Waals surface area contributed by atoms with E-state index in [1.54, 1.807) is 0 Å². The van der Waals surface area contributed by atoms with Gasteiger partial charge in [0.15, 0.2) is 5.78 Å². The van der Waals surface area contributed by atoms with Crippen molar-refractivity contribution in [3.05, 3.63) is 63.6 Å². The van der Waals surface area contributed by atoms with Crippen molar-refractivity contribution in [3.8, 4) is 5.75 Å². The fourth-order valence-corrected chi connectivity index (χ4v) is 2.80. The van der Waals surface area contributed by atoms with E-state index in [0.717, 1.165) is 16.6 Å². The predicted molar refractivity (Wildman–Crippen MR) is 98.0 cm³/mol. The van der Waals surface area contributed by atoms with Crippen molar-refractivity contribution in [1.29, 1.82) is 0 Å². The Morgan fingerprint density at radius 1 is 1.25 bits per heavy atom. The Morgan fingerprint density at radius 2 is 2.00 bits per heavy atom. The molecular weight excluding hydrogens is 368 g/mol. The van der Waals surface area contributed by atoms with E-state index in [0.29, 0.717) is 23.5 Å². The highest BCUT2D eigenvalue weighted by molar-refractivity contribution is 9.10. The van der Waals surface area contributed by atoms with Gasteiger partial charge in [-0.3, -0.25) is 4.79 Å². The van der Waals surface area contributed by atoms with Crippen LogP contribution in [0, 0.1) is 0 Å². The first kappa shape index (κ1) is 17.2.